The van der Waals surface area contributed by atoms with Crippen molar-refractivity contribution >= 4 is 39.3 Å². The number of benzene rings is 3. The fourth-order valence-electron chi connectivity index (χ4n) is 4.87. The first-order valence-corrected chi connectivity index (χ1v) is 11.8. The van der Waals surface area contributed by atoms with Gasteiger partial charge in [-0.05, 0) is 50.2 Å². The average molecular weight is 470 g/mol. The maximum absolute atomic E-state index is 13.3. The lowest BCUT2D eigenvalue weighted by atomic mass is 10.1. The number of hydrogen-bond acceptors (Lipinski definition) is 4. The smallest absolute Gasteiger partial charge is 0.256 e. The predicted octanol–water partition coefficient (Wildman–Crippen LogP) is 4.04. The second kappa shape index (κ2) is 9.35. The number of para-hydroxylation sites is 3. The van der Waals surface area contributed by atoms with Gasteiger partial charge in [0, 0.05) is 23.9 Å². The lowest BCUT2D eigenvalue weighted by molar-refractivity contribution is -0.116. The third-order valence-corrected chi connectivity index (χ3v) is 6.32. The van der Waals surface area contributed by atoms with Crippen LogP contribution < -0.4 is 10.7 Å². The van der Waals surface area contributed by atoms with Crippen molar-refractivity contribution in [2.24, 2.45) is 0 Å². The number of amides is 2. The molecule has 1 saturated heterocycles. The number of hydrogen-bond donors (Lipinski definition) is 1. The van der Waals surface area contributed by atoms with E-state index in [0.717, 1.165) is 0 Å². The summed E-state index contributed by atoms with van der Waals surface area (Å²) in [4.78, 5) is 41.3. The van der Waals surface area contributed by atoms with Crippen molar-refractivity contribution in [1.29, 1.82) is 0 Å². The highest BCUT2D eigenvalue weighted by molar-refractivity contribution is 6.04. The number of rotatable bonds is 4. The number of morpholine rings is 1. The van der Waals surface area contributed by atoms with Crippen LogP contribution in [0.1, 0.15) is 24.2 Å². The Morgan fingerprint density at radius 1 is 0.857 bits per heavy atom. The molecule has 0 radical (unpaired) electrons. The first kappa shape index (κ1) is 22.8. The summed E-state index contributed by atoms with van der Waals surface area (Å²) >= 11 is 0. The minimum absolute atomic E-state index is 0.00451. The van der Waals surface area contributed by atoms with Gasteiger partial charge < -0.3 is 19.5 Å². The zero-order valence-corrected chi connectivity index (χ0v) is 19.7. The highest BCUT2D eigenvalue weighted by Gasteiger charge is 2.28. The zero-order chi connectivity index (χ0) is 24.5. The minimum Gasteiger partial charge on any atom is -0.372 e. The molecule has 1 N–H and O–H groups in total. The predicted molar refractivity (Wildman–Crippen MR) is 137 cm³/mol. The lowest BCUT2D eigenvalue weighted by Crippen LogP contribution is -2.48. The number of ether oxygens (including phenoxy) is 1. The Morgan fingerprint density at radius 3 is 2.03 bits per heavy atom. The number of carbonyl (C=O) groups is 2. The summed E-state index contributed by atoms with van der Waals surface area (Å²) in [6.07, 6.45) is -0.0993. The molecule has 0 saturated carbocycles. The van der Waals surface area contributed by atoms with Gasteiger partial charge in [-0.1, -0.05) is 36.4 Å². The van der Waals surface area contributed by atoms with Crippen LogP contribution in [0.5, 0.6) is 0 Å². The molecule has 0 bridgehead atoms. The maximum atomic E-state index is 13.3. The summed E-state index contributed by atoms with van der Waals surface area (Å²) in [7, 11) is 0. The minimum atomic E-state index is -0.284. The van der Waals surface area contributed by atoms with E-state index in [1.165, 1.54) is 0 Å². The highest BCUT2D eigenvalue weighted by Crippen LogP contribution is 2.22. The number of anilines is 1. The maximum Gasteiger partial charge on any atom is 0.256 e. The van der Waals surface area contributed by atoms with E-state index in [9.17, 15) is 14.4 Å². The number of carbonyl (C=O) groups excluding carboxylic acids is 2. The summed E-state index contributed by atoms with van der Waals surface area (Å²) in [6, 6.07) is 21.6. The molecule has 1 aliphatic heterocycles. The number of fused-ring (bicyclic) bond motifs is 2. The lowest BCUT2D eigenvalue weighted by Gasteiger charge is -2.35. The van der Waals surface area contributed by atoms with Crippen molar-refractivity contribution in [2.45, 2.75) is 32.6 Å². The van der Waals surface area contributed by atoms with Gasteiger partial charge in [0.25, 0.3) is 5.91 Å². The molecule has 1 aromatic heterocycles. The fourth-order valence-corrected chi connectivity index (χ4v) is 4.87. The number of aromatic nitrogens is 1. The molecule has 0 spiro atoms. The quantitative estimate of drug-likeness (QED) is 0.458. The molecule has 178 valence electrons. The fraction of sp³-hybridized carbons (Fsp3) is 0.250. The monoisotopic (exact) mass is 469 g/mol. The van der Waals surface area contributed by atoms with Gasteiger partial charge in [-0.3, -0.25) is 14.4 Å². The first-order chi connectivity index (χ1) is 16.9. The Balaban J connectivity index is 1.46. The van der Waals surface area contributed by atoms with Crippen LogP contribution in [0.15, 0.2) is 77.6 Å². The SMILES string of the molecule is CC1CN(C(=O)c2ccccc2NC(=O)Cn2c3ccccc3c(=O)c3ccccc32)CC(C)O1. The van der Waals surface area contributed by atoms with E-state index >= 15 is 0 Å². The number of pyridine rings is 1. The Bertz CT molecular complexity index is 1420. The average Bonchev–Trinajstić information content (AvgIpc) is 2.86. The second-order valence-corrected chi connectivity index (χ2v) is 9.01. The van der Waals surface area contributed by atoms with E-state index in [-0.39, 0.29) is 36.0 Å². The molecule has 5 rings (SSSR count). The third kappa shape index (κ3) is 4.42. The Kier molecular flexibility index (Phi) is 6.09. The van der Waals surface area contributed by atoms with Crippen LogP contribution in [0.2, 0.25) is 0 Å². The molecule has 35 heavy (non-hydrogen) atoms. The number of nitrogens with zero attached hydrogens (tertiary/aromatic N) is 2. The van der Waals surface area contributed by atoms with Crippen molar-refractivity contribution < 1.29 is 14.3 Å². The molecule has 1 fully saturated rings. The van der Waals surface area contributed by atoms with Crippen LogP contribution in [0.3, 0.4) is 0 Å². The molecular formula is C28H27N3O4. The van der Waals surface area contributed by atoms with Crippen LogP contribution in [-0.2, 0) is 16.1 Å². The van der Waals surface area contributed by atoms with Gasteiger partial charge in [-0.2, -0.15) is 0 Å². The largest absolute Gasteiger partial charge is 0.372 e. The highest BCUT2D eigenvalue weighted by atomic mass is 16.5. The summed E-state index contributed by atoms with van der Waals surface area (Å²) in [6.45, 7) is 4.89. The standard InChI is InChI=1S/C28H27N3O4/c1-18-15-30(16-19(2)35-18)28(34)20-9-3-6-12-23(20)29-26(32)17-31-24-13-7-4-10-21(24)27(33)22-11-5-8-14-25(22)31/h3-14,18-19H,15-17H2,1-2H3,(H,29,32). The van der Waals surface area contributed by atoms with Crippen LogP contribution in [0.4, 0.5) is 5.69 Å². The van der Waals surface area contributed by atoms with Gasteiger partial charge in [0.05, 0.1) is 34.5 Å². The van der Waals surface area contributed by atoms with Crippen molar-refractivity contribution in [3.8, 4) is 0 Å². The van der Waals surface area contributed by atoms with Crippen LogP contribution >= 0.6 is 0 Å². The van der Waals surface area contributed by atoms with Gasteiger partial charge in [0.1, 0.15) is 6.54 Å². The van der Waals surface area contributed by atoms with Crippen molar-refractivity contribution in [1.82, 2.24) is 9.47 Å². The molecule has 2 atom stereocenters. The van der Waals surface area contributed by atoms with Gasteiger partial charge in [-0.25, -0.2) is 0 Å². The van der Waals surface area contributed by atoms with E-state index in [2.05, 4.69) is 5.32 Å². The van der Waals surface area contributed by atoms with Gasteiger partial charge in [0.2, 0.25) is 5.91 Å². The van der Waals surface area contributed by atoms with E-state index in [1.54, 1.807) is 41.3 Å². The molecule has 7 nitrogen and oxygen atoms in total. The summed E-state index contributed by atoms with van der Waals surface area (Å²) in [5.41, 5.74) is 2.22. The molecule has 2 heterocycles. The molecule has 2 unspecified atom stereocenters. The Morgan fingerprint density at radius 2 is 1.40 bits per heavy atom. The van der Waals surface area contributed by atoms with Crippen LogP contribution in [-0.4, -0.2) is 46.6 Å². The molecule has 4 aromatic rings. The molecule has 0 aliphatic carbocycles. The Hall–Kier alpha value is -3.97. The topological polar surface area (TPSA) is 80.6 Å². The molecule has 7 heteroatoms. The molecular weight excluding hydrogens is 442 g/mol. The van der Waals surface area contributed by atoms with Gasteiger partial charge in [0.15, 0.2) is 5.43 Å². The van der Waals surface area contributed by atoms with E-state index in [4.69, 9.17) is 4.74 Å². The summed E-state index contributed by atoms with van der Waals surface area (Å²) < 4.78 is 7.60. The molecule has 2 amide bonds. The third-order valence-electron chi connectivity index (χ3n) is 6.32. The van der Waals surface area contributed by atoms with E-state index in [0.29, 0.717) is 46.1 Å². The van der Waals surface area contributed by atoms with E-state index in [1.807, 2.05) is 54.8 Å². The summed E-state index contributed by atoms with van der Waals surface area (Å²) in [5, 5.41) is 4.05. The van der Waals surface area contributed by atoms with Crippen molar-refractivity contribution in [3.05, 3.63) is 88.6 Å². The molecule has 1 aliphatic rings. The summed E-state index contributed by atoms with van der Waals surface area (Å²) in [5.74, 6) is -0.421. The Labute approximate surface area is 202 Å². The van der Waals surface area contributed by atoms with Crippen LogP contribution in [0.25, 0.3) is 21.8 Å². The van der Waals surface area contributed by atoms with Crippen molar-refractivity contribution in [2.75, 3.05) is 18.4 Å². The molecule has 3 aromatic carbocycles. The van der Waals surface area contributed by atoms with E-state index < -0.39 is 0 Å². The van der Waals surface area contributed by atoms with Gasteiger partial charge >= 0.3 is 0 Å². The zero-order valence-electron chi connectivity index (χ0n) is 19.7. The normalized spacial score (nSPS) is 18.1. The second-order valence-electron chi connectivity index (χ2n) is 9.01. The van der Waals surface area contributed by atoms with Gasteiger partial charge in [-0.15, -0.1) is 0 Å². The number of nitrogens with one attached hydrogen (secondary N) is 1. The first-order valence-electron chi connectivity index (χ1n) is 11.8. The van der Waals surface area contributed by atoms with Crippen LogP contribution in [0, 0.1) is 0 Å². The van der Waals surface area contributed by atoms with Crippen molar-refractivity contribution in [3.63, 3.8) is 0 Å².